The average molecular weight is 301 g/mol. The van der Waals surface area contributed by atoms with Gasteiger partial charge < -0.3 is 4.43 Å². The molecule has 0 heterocycles. The third-order valence-electron chi connectivity index (χ3n) is 2.83. The zero-order chi connectivity index (χ0) is 14.7. The first-order valence-electron chi connectivity index (χ1n) is 7.40. The minimum atomic E-state index is 0.397. The molecule has 0 aromatic carbocycles. The summed E-state index contributed by atoms with van der Waals surface area (Å²) in [5, 5.41) is 0. The fraction of sp³-hybridized carbons (Fsp3) is 1.00. The second-order valence-corrected chi connectivity index (χ2v) is 8.18. The normalized spacial score (nSPS) is 12.3. The van der Waals surface area contributed by atoms with Gasteiger partial charge in [-0.3, -0.25) is 9.80 Å². The smallest absolute Gasteiger partial charge is 0.230 e. The molecule has 0 aliphatic heterocycles. The van der Waals surface area contributed by atoms with Gasteiger partial charge in [-0.05, 0) is 48.1 Å². The van der Waals surface area contributed by atoms with Crippen LogP contribution < -0.4 is 0 Å². The largest absolute Gasteiger partial charge is 0.415 e. The van der Waals surface area contributed by atoms with Crippen molar-refractivity contribution in [1.82, 2.24) is 9.80 Å². The van der Waals surface area contributed by atoms with Crippen LogP contribution in [0.5, 0.6) is 0 Å². The van der Waals surface area contributed by atoms with Crippen LogP contribution in [0, 0.1) is 0 Å². The minimum absolute atomic E-state index is 0.397. The Morgan fingerprint density at radius 2 is 1.37 bits per heavy atom. The molecule has 0 bridgehead atoms. The van der Waals surface area contributed by atoms with Crippen LogP contribution >= 0.6 is 0 Å². The first-order valence-corrected chi connectivity index (χ1v) is 9.80. The Bertz CT molecular complexity index is 194. The van der Waals surface area contributed by atoms with Crippen molar-refractivity contribution in [3.63, 3.8) is 0 Å². The summed E-state index contributed by atoms with van der Waals surface area (Å²) in [6, 6.07) is 2.62. The van der Waals surface area contributed by atoms with Gasteiger partial charge in [-0.2, -0.15) is 0 Å². The van der Waals surface area contributed by atoms with E-state index in [9.17, 15) is 0 Å². The van der Waals surface area contributed by atoms with E-state index in [-0.39, 0.29) is 0 Å². The van der Waals surface area contributed by atoms with E-state index in [0.717, 1.165) is 9.52 Å². The summed E-state index contributed by atoms with van der Waals surface area (Å²) in [6.07, 6.45) is 5.86. The quantitative estimate of drug-likeness (QED) is 0.313. The van der Waals surface area contributed by atoms with Gasteiger partial charge in [0.25, 0.3) is 0 Å². The molecule has 4 radical (unpaired) electrons. The van der Waals surface area contributed by atoms with Gasteiger partial charge in [0.15, 0.2) is 0 Å². The highest BCUT2D eigenvalue weighted by Crippen LogP contribution is 2.08. The molecule has 0 aliphatic carbocycles. The summed E-state index contributed by atoms with van der Waals surface area (Å²) in [4.78, 5) is 4.64. The molecule has 0 N–H and O–H groups in total. The highest BCUT2D eigenvalue weighted by Gasteiger charge is 2.13. The van der Waals surface area contributed by atoms with Gasteiger partial charge in [0.1, 0.15) is 0 Å². The second-order valence-electron chi connectivity index (χ2n) is 5.73. The molecule has 0 saturated carbocycles. The second kappa shape index (κ2) is 12.1. The fourth-order valence-electron chi connectivity index (χ4n) is 1.96. The van der Waals surface area contributed by atoms with Crippen LogP contribution in [0.3, 0.4) is 0 Å². The van der Waals surface area contributed by atoms with Gasteiger partial charge in [-0.25, -0.2) is 0 Å². The van der Waals surface area contributed by atoms with Gasteiger partial charge in [-0.15, -0.1) is 0 Å². The van der Waals surface area contributed by atoms with Gasteiger partial charge >= 0.3 is 0 Å². The van der Waals surface area contributed by atoms with E-state index in [1.54, 1.807) is 0 Å². The molecule has 0 atom stereocenters. The lowest BCUT2D eigenvalue weighted by molar-refractivity contribution is 0.200. The van der Waals surface area contributed by atoms with Crippen LogP contribution in [-0.2, 0) is 4.43 Å². The molecule has 19 heavy (non-hydrogen) atoms. The average Bonchev–Trinajstić information content (AvgIpc) is 2.30. The summed E-state index contributed by atoms with van der Waals surface area (Å²) in [6.45, 7) is 4.22. The van der Waals surface area contributed by atoms with Crippen molar-refractivity contribution in [3.8, 4) is 0 Å². The molecule has 0 unspecified atom stereocenters. The van der Waals surface area contributed by atoms with E-state index in [1.165, 1.54) is 37.8 Å². The molecule has 0 spiro atoms. The van der Waals surface area contributed by atoms with Crippen molar-refractivity contribution in [2.45, 2.75) is 63.5 Å². The third-order valence-corrected chi connectivity index (χ3v) is 6.07. The van der Waals surface area contributed by atoms with E-state index in [4.69, 9.17) is 4.43 Å². The fourth-order valence-corrected chi connectivity index (χ4v) is 4.25. The van der Waals surface area contributed by atoms with Crippen LogP contribution in [0.25, 0.3) is 0 Å². The predicted molar refractivity (Wildman–Crippen MR) is 87.0 cm³/mol. The van der Waals surface area contributed by atoms with Gasteiger partial charge in [-0.1, -0.05) is 31.7 Å². The van der Waals surface area contributed by atoms with Crippen molar-refractivity contribution in [2.24, 2.45) is 0 Å². The number of nitrogens with zero attached hydrogens (tertiary/aromatic N) is 2. The van der Waals surface area contributed by atoms with Crippen molar-refractivity contribution in [2.75, 3.05) is 28.2 Å². The molecule has 3 nitrogen and oxygen atoms in total. The maximum atomic E-state index is 5.57. The Balaban J connectivity index is 3.35. The van der Waals surface area contributed by atoms with Gasteiger partial charge in [0.05, 0.1) is 9.52 Å². The van der Waals surface area contributed by atoms with E-state index < -0.39 is 0 Å². The van der Waals surface area contributed by atoms with Crippen LogP contribution in [0.15, 0.2) is 0 Å². The maximum absolute atomic E-state index is 5.57. The van der Waals surface area contributed by atoms with Gasteiger partial charge in [0, 0.05) is 11.9 Å². The summed E-state index contributed by atoms with van der Waals surface area (Å²) in [5.74, 6) is 0.612. The number of unbranched alkanes of at least 4 members (excludes halogenated alkanes) is 3. The van der Waals surface area contributed by atoms with Crippen LogP contribution in [-0.4, -0.2) is 69.2 Å². The molecule has 0 amide bonds. The SMILES string of the molecule is CC(C)O[Si]CCCCCC[Si]C(N(C)C)N(C)C. The minimum Gasteiger partial charge on any atom is -0.415 e. The molecule has 0 aromatic heterocycles. The predicted octanol–water partition coefficient (Wildman–Crippen LogP) is 2.54. The first kappa shape index (κ1) is 19.3. The van der Waals surface area contributed by atoms with E-state index >= 15 is 0 Å². The molecular weight excluding hydrogens is 268 g/mol. The molecule has 0 aliphatic rings. The van der Waals surface area contributed by atoms with Crippen molar-refractivity contribution >= 4 is 19.3 Å². The third kappa shape index (κ3) is 11.8. The topological polar surface area (TPSA) is 15.7 Å². The van der Waals surface area contributed by atoms with Crippen LogP contribution in [0.4, 0.5) is 0 Å². The van der Waals surface area contributed by atoms with E-state index in [0.29, 0.717) is 21.7 Å². The summed E-state index contributed by atoms with van der Waals surface area (Å²) in [7, 11) is 10.4. The Labute approximate surface area is 125 Å². The van der Waals surface area contributed by atoms with Gasteiger partial charge in [0.2, 0.25) is 9.76 Å². The lowest BCUT2D eigenvalue weighted by Gasteiger charge is -2.30. The highest BCUT2D eigenvalue weighted by molar-refractivity contribution is 6.37. The van der Waals surface area contributed by atoms with Crippen LogP contribution in [0.2, 0.25) is 12.1 Å². The Hall–Kier alpha value is 0.314. The molecule has 0 aromatic rings. The maximum Gasteiger partial charge on any atom is 0.230 e. The molecular formula is C14H32N2OSi2. The summed E-state index contributed by atoms with van der Waals surface area (Å²) < 4.78 is 5.57. The number of hydrogen-bond acceptors (Lipinski definition) is 3. The lowest BCUT2D eigenvalue weighted by atomic mass is 10.2. The van der Waals surface area contributed by atoms with Crippen LogP contribution in [0.1, 0.15) is 39.5 Å². The first-order chi connectivity index (χ1) is 8.95. The lowest BCUT2D eigenvalue weighted by Crippen LogP contribution is -2.44. The molecule has 0 fully saturated rings. The Morgan fingerprint density at radius 3 is 1.84 bits per heavy atom. The Morgan fingerprint density at radius 1 is 0.842 bits per heavy atom. The highest BCUT2D eigenvalue weighted by atomic mass is 28.2. The van der Waals surface area contributed by atoms with Crippen molar-refractivity contribution in [3.05, 3.63) is 0 Å². The zero-order valence-electron chi connectivity index (χ0n) is 13.7. The number of hydrogen-bond donors (Lipinski definition) is 0. The molecule has 0 saturated heterocycles. The molecule has 112 valence electrons. The molecule has 0 rings (SSSR count). The van der Waals surface area contributed by atoms with Crippen molar-refractivity contribution in [1.29, 1.82) is 0 Å². The number of rotatable bonds is 12. The summed E-state index contributed by atoms with van der Waals surface area (Å²) >= 11 is 0. The molecule has 5 heteroatoms. The van der Waals surface area contributed by atoms with Crippen molar-refractivity contribution < 1.29 is 4.43 Å². The standard InChI is InChI=1S/C14H32N2OSi2/c1-13(2)17-19-12-10-8-7-9-11-18-14(15(3)4)16(5)6/h13-14H,7-12H2,1-6H3. The van der Waals surface area contributed by atoms with E-state index in [1.807, 2.05) is 0 Å². The van der Waals surface area contributed by atoms with E-state index in [2.05, 4.69) is 51.8 Å². The Kier molecular flexibility index (Phi) is 12.3. The zero-order valence-corrected chi connectivity index (χ0v) is 15.7. The monoisotopic (exact) mass is 300 g/mol. The summed E-state index contributed by atoms with van der Waals surface area (Å²) in [5.41, 5.74) is 0.